The monoisotopic (exact) mass is 430 g/mol. The summed E-state index contributed by atoms with van der Waals surface area (Å²) < 4.78 is 19.4. The van der Waals surface area contributed by atoms with E-state index in [1.54, 1.807) is 19.2 Å². The Morgan fingerprint density at radius 1 is 0.969 bits per heavy atom. The van der Waals surface area contributed by atoms with Crippen LogP contribution in [0.1, 0.15) is 41.9 Å². The van der Waals surface area contributed by atoms with Crippen LogP contribution in [0.5, 0.6) is 5.75 Å². The molecule has 166 valence electrons. The molecule has 2 fully saturated rings. The lowest BCUT2D eigenvalue weighted by Crippen LogP contribution is -2.46. The summed E-state index contributed by atoms with van der Waals surface area (Å²) in [6.45, 7) is 0.587. The molecule has 3 nitrogen and oxygen atoms in total. The van der Waals surface area contributed by atoms with Crippen molar-refractivity contribution in [2.24, 2.45) is 5.92 Å². The SMILES string of the molecule is COc1ccc(F)cc1CNC1C2CCCC2NC1C(c1ccccc1)c1ccccc1. The van der Waals surface area contributed by atoms with E-state index < -0.39 is 0 Å². The quantitative estimate of drug-likeness (QED) is 0.536. The molecule has 4 atom stereocenters. The van der Waals surface area contributed by atoms with Crippen LogP contribution in [0.15, 0.2) is 78.9 Å². The molecule has 2 aliphatic rings. The van der Waals surface area contributed by atoms with E-state index in [4.69, 9.17) is 4.74 Å². The molecule has 5 rings (SSSR count). The molecule has 3 aromatic rings. The number of fused-ring (bicyclic) bond motifs is 1. The third kappa shape index (κ3) is 4.17. The third-order valence-corrected chi connectivity index (χ3v) is 7.27. The Labute approximate surface area is 190 Å². The second-order valence-corrected chi connectivity index (χ2v) is 9.06. The van der Waals surface area contributed by atoms with E-state index in [-0.39, 0.29) is 17.8 Å². The lowest BCUT2D eigenvalue weighted by molar-refractivity contribution is 0.348. The molecule has 0 amide bonds. The highest BCUT2D eigenvalue weighted by atomic mass is 19.1. The van der Waals surface area contributed by atoms with Gasteiger partial charge in [-0.05, 0) is 48.1 Å². The van der Waals surface area contributed by atoms with E-state index in [0.29, 0.717) is 24.5 Å². The molecule has 0 aromatic heterocycles. The van der Waals surface area contributed by atoms with E-state index in [2.05, 4.69) is 71.3 Å². The standard InChI is InChI=1S/C28H31FN2O/c1-32-25-16-15-22(29)17-21(25)18-30-27-23-13-8-14-24(23)31-28(27)26(19-9-4-2-5-10-19)20-11-6-3-7-12-20/h2-7,9-12,15-17,23-24,26-28,30-31H,8,13-14,18H2,1H3. The fourth-order valence-electron chi connectivity index (χ4n) is 5.87. The normalized spacial score (nSPS) is 24.6. The molecular weight excluding hydrogens is 399 g/mol. The first-order chi connectivity index (χ1) is 15.7. The average molecular weight is 431 g/mol. The van der Waals surface area contributed by atoms with E-state index in [9.17, 15) is 4.39 Å². The average Bonchev–Trinajstić information content (AvgIpc) is 3.41. The summed E-state index contributed by atoms with van der Waals surface area (Å²) in [4.78, 5) is 0. The van der Waals surface area contributed by atoms with Crippen molar-refractivity contribution in [3.63, 3.8) is 0 Å². The van der Waals surface area contributed by atoms with Gasteiger partial charge in [-0.25, -0.2) is 4.39 Å². The fourth-order valence-corrected chi connectivity index (χ4v) is 5.87. The molecule has 1 saturated heterocycles. The molecule has 3 aromatic carbocycles. The van der Waals surface area contributed by atoms with Crippen molar-refractivity contribution in [3.05, 3.63) is 101 Å². The topological polar surface area (TPSA) is 33.3 Å². The minimum atomic E-state index is -0.228. The predicted molar refractivity (Wildman–Crippen MR) is 126 cm³/mol. The molecule has 0 bridgehead atoms. The highest BCUT2D eigenvalue weighted by Gasteiger charge is 2.48. The fraction of sp³-hybridized carbons (Fsp3) is 0.357. The van der Waals surface area contributed by atoms with Gasteiger partial charge in [0.2, 0.25) is 0 Å². The lowest BCUT2D eigenvalue weighted by atomic mass is 9.80. The highest BCUT2D eigenvalue weighted by molar-refractivity contribution is 5.37. The van der Waals surface area contributed by atoms with Gasteiger partial charge in [-0.3, -0.25) is 0 Å². The third-order valence-electron chi connectivity index (χ3n) is 7.27. The summed E-state index contributed by atoms with van der Waals surface area (Å²) in [5.74, 6) is 1.32. The predicted octanol–water partition coefficient (Wildman–Crippen LogP) is 5.27. The van der Waals surface area contributed by atoms with Crippen LogP contribution in [0.25, 0.3) is 0 Å². The van der Waals surface area contributed by atoms with Crippen molar-refractivity contribution < 1.29 is 9.13 Å². The zero-order valence-corrected chi connectivity index (χ0v) is 18.5. The van der Waals surface area contributed by atoms with Gasteiger partial charge >= 0.3 is 0 Å². The van der Waals surface area contributed by atoms with Crippen LogP contribution in [0, 0.1) is 11.7 Å². The molecular formula is C28H31FN2O. The Kier molecular flexibility index (Phi) is 6.24. The zero-order chi connectivity index (χ0) is 21.9. The van der Waals surface area contributed by atoms with Crippen molar-refractivity contribution in [1.29, 1.82) is 0 Å². The summed E-state index contributed by atoms with van der Waals surface area (Å²) in [6.07, 6.45) is 3.71. The number of hydrogen-bond acceptors (Lipinski definition) is 3. The molecule has 0 spiro atoms. The first kappa shape index (κ1) is 21.2. The Morgan fingerprint density at radius 2 is 1.66 bits per heavy atom. The maximum Gasteiger partial charge on any atom is 0.123 e. The molecule has 4 unspecified atom stereocenters. The van der Waals surface area contributed by atoms with Crippen LogP contribution in [-0.4, -0.2) is 25.2 Å². The van der Waals surface area contributed by atoms with E-state index in [0.717, 1.165) is 11.3 Å². The molecule has 32 heavy (non-hydrogen) atoms. The van der Waals surface area contributed by atoms with Crippen LogP contribution >= 0.6 is 0 Å². The lowest BCUT2D eigenvalue weighted by Gasteiger charge is -2.32. The minimum absolute atomic E-state index is 0.228. The smallest absolute Gasteiger partial charge is 0.123 e. The number of halogens is 1. The second kappa shape index (κ2) is 9.43. The van der Waals surface area contributed by atoms with Crippen LogP contribution in [0.3, 0.4) is 0 Å². The van der Waals surface area contributed by atoms with E-state index in [1.165, 1.54) is 36.5 Å². The summed E-state index contributed by atoms with van der Waals surface area (Å²) in [7, 11) is 1.64. The first-order valence-electron chi connectivity index (χ1n) is 11.7. The largest absolute Gasteiger partial charge is 0.496 e. The van der Waals surface area contributed by atoms with Crippen LogP contribution in [0.4, 0.5) is 4.39 Å². The molecule has 1 aliphatic carbocycles. The van der Waals surface area contributed by atoms with Gasteiger partial charge in [0.1, 0.15) is 11.6 Å². The van der Waals surface area contributed by atoms with Crippen LogP contribution < -0.4 is 15.4 Å². The van der Waals surface area contributed by atoms with Crippen molar-refractivity contribution in [1.82, 2.24) is 10.6 Å². The second-order valence-electron chi connectivity index (χ2n) is 9.06. The zero-order valence-electron chi connectivity index (χ0n) is 18.5. The van der Waals surface area contributed by atoms with Gasteiger partial charge < -0.3 is 15.4 Å². The Morgan fingerprint density at radius 3 is 2.31 bits per heavy atom. The van der Waals surface area contributed by atoms with Gasteiger partial charge in [0, 0.05) is 36.2 Å². The van der Waals surface area contributed by atoms with Gasteiger partial charge in [0.15, 0.2) is 0 Å². The van der Waals surface area contributed by atoms with Crippen molar-refractivity contribution >= 4 is 0 Å². The van der Waals surface area contributed by atoms with Gasteiger partial charge in [-0.15, -0.1) is 0 Å². The number of ether oxygens (including phenoxy) is 1. The highest BCUT2D eigenvalue weighted by Crippen LogP contribution is 2.42. The maximum atomic E-state index is 14.0. The molecule has 4 heteroatoms. The van der Waals surface area contributed by atoms with Gasteiger partial charge in [-0.1, -0.05) is 67.1 Å². The number of methoxy groups -OCH3 is 1. The number of rotatable bonds is 7. The van der Waals surface area contributed by atoms with Crippen LogP contribution in [-0.2, 0) is 6.54 Å². The van der Waals surface area contributed by atoms with E-state index in [1.807, 2.05) is 0 Å². The van der Waals surface area contributed by atoms with E-state index >= 15 is 0 Å². The maximum absolute atomic E-state index is 14.0. The van der Waals surface area contributed by atoms with Gasteiger partial charge in [0.25, 0.3) is 0 Å². The first-order valence-corrected chi connectivity index (χ1v) is 11.7. The molecule has 1 saturated carbocycles. The Balaban J connectivity index is 1.48. The van der Waals surface area contributed by atoms with Crippen molar-refractivity contribution in [3.8, 4) is 5.75 Å². The van der Waals surface area contributed by atoms with Crippen LogP contribution in [0.2, 0.25) is 0 Å². The minimum Gasteiger partial charge on any atom is -0.496 e. The Hall–Kier alpha value is -2.69. The van der Waals surface area contributed by atoms with Crippen molar-refractivity contribution in [2.45, 2.75) is 49.9 Å². The Bertz CT molecular complexity index is 987. The molecule has 1 heterocycles. The van der Waals surface area contributed by atoms with Crippen molar-refractivity contribution in [2.75, 3.05) is 7.11 Å². The van der Waals surface area contributed by atoms with Gasteiger partial charge in [-0.2, -0.15) is 0 Å². The summed E-state index contributed by atoms with van der Waals surface area (Å²) >= 11 is 0. The number of nitrogens with one attached hydrogen (secondary N) is 2. The molecule has 2 N–H and O–H groups in total. The summed E-state index contributed by atoms with van der Waals surface area (Å²) in [6, 6.07) is 27.4. The number of benzene rings is 3. The summed E-state index contributed by atoms with van der Waals surface area (Å²) in [5.41, 5.74) is 3.52. The number of hydrogen-bond donors (Lipinski definition) is 2. The molecule has 0 radical (unpaired) electrons. The summed E-state index contributed by atoms with van der Waals surface area (Å²) in [5, 5.41) is 7.84. The van der Waals surface area contributed by atoms with Gasteiger partial charge in [0.05, 0.1) is 7.11 Å². The molecule has 1 aliphatic heterocycles.